The quantitative estimate of drug-likeness (QED) is 0.682. The second-order valence-electron chi connectivity index (χ2n) is 3.20. The molecule has 0 saturated carbocycles. The molecule has 1 aromatic heterocycles. The van der Waals surface area contributed by atoms with Crippen molar-refractivity contribution in [2.45, 2.75) is 26.3 Å². The Morgan fingerprint density at radius 2 is 2.31 bits per heavy atom. The third kappa shape index (κ3) is 3.20. The van der Waals surface area contributed by atoms with E-state index in [-0.39, 0.29) is 12.6 Å². The lowest BCUT2D eigenvalue weighted by molar-refractivity contribution is 0.282. The van der Waals surface area contributed by atoms with Crippen LogP contribution in [0.25, 0.3) is 0 Å². The molecule has 0 amide bonds. The minimum Gasteiger partial charge on any atom is -0.465 e. The Kier molecular flexibility index (Phi) is 3.99. The largest absolute Gasteiger partial charge is 0.465 e. The summed E-state index contributed by atoms with van der Waals surface area (Å²) in [7, 11) is 0. The molecule has 1 heterocycles. The third-order valence-corrected chi connectivity index (χ3v) is 1.97. The Morgan fingerprint density at radius 1 is 1.54 bits per heavy atom. The average Bonchev–Trinajstić information content (AvgIpc) is 2.52. The van der Waals surface area contributed by atoms with Crippen LogP contribution in [0.15, 0.2) is 16.5 Å². The van der Waals surface area contributed by atoms with Crippen molar-refractivity contribution in [1.29, 1.82) is 0 Å². The number of hydrogen-bond donors (Lipinski definition) is 2. The lowest BCUT2D eigenvalue weighted by atomic mass is 10.2. The summed E-state index contributed by atoms with van der Waals surface area (Å²) in [6.07, 6.45) is 0.782. The van der Waals surface area contributed by atoms with Gasteiger partial charge in [-0.3, -0.25) is 0 Å². The van der Waals surface area contributed by atoms with E-state index in [1.54, 1.807) is 0 Å². The van der Waals surface area contributed by atoms with Crippen LogP contribution in [0.2, 0.25) is 0 Å². The highest BCUT2D eigenvalue weighted by Gasteiger charge is 2.07. The van der Waals surface area contributed by atoms with Gasteiger partial charge < -0.3 is 14.8 Å². The molecule has 1 atom stereocenters. The van der Waals surface area contributed by atoms with E-state index in [1.165, 1.54) is 0 Å². The molecule has 0 radical (unpaired) electrons. The van der Waals surface area contributed by atoms with Gasteiger partial charge in [0.25, 0.3) is 0 Å². The first-order valence-electron chi connectivity index (χ1n) is 4.64. The van der Waals surface area contributed by atoms with Crippen molar-refractivity contribution in [3.8, 4) is 0 Å². The number of nitrogens with one attached hydrogen (secondary N) is 1. The predicted octanol–water partition coefficient (Wildman–Crippen LogP) is 1.62. The van der Waals surface area contributed by atoms with Crippen LogP contribution in [0.3, 0.4) is 0 Å². The molecular formula is C10H17NO2. The van der Waals surface area contributed by atoms with Crippen molar-refractivity contribution in [2.75, 3.05) is 13.2 Å². The summed E-state index contributed by atoms with van der Waals surface area (Å²) in [5, 5.41) is 11.8. The van der Waals surface area contributed by atoms with Gasteiger partial charge in [-0.2, -0.15) is 0 Å². The van der Waals surface area contributed by atoms with Crippen molar-refractivity contribution < 1.29 is 9.52 Å². The molecule has 0 bridgehead atoms. The van der Waals surface area contributed by atoms with Gasteiger partial charge in [-0.15, -0.1) is 0 Å². The first-order chi connectivity index (χ1) is 6.24. The molecule has 74 valence electrons. The topological polar surface area (TPSA) is 45.4 Å². The van der Waals surface area contributed by atoms with Crippen LogP contribution >= 0.6 is 0 Å². The van der Waals surface area contributed by atoms with Crippen LogP contribution in [0, 0.1) is 6.92 Å². The van der Waals surface area contributed by atoms with Gasteiger partial charge in [0.15, 0.2) is 0 Å². The van der Waals surface area contributed by atoms with E-state index in [0.29, 0.717) is 0 Å². The molecule has 3 nitrogen and oxygen atoms in total. The van der Waals surface area contributed by atoms with Crippen LogP contribution in [0.4, 0.5) is 0 Å². The van der Waals surface area contributed by atoms with Crippen molar-refractivity contribution in [1.82, 2.24) is 5.32 Å². The minimum atomic E-state index is 0.222. The summed E-state index contributed by atoms with van der Waals surface area (Å²) < 4.78 is 5.45. The monoisotopic (exact) mass is 183 g/mol. The van der Waals surface area contributed by atoms with Gasteiger partial charge in [-0.1, -0.05) is 0 Å². The van der Waals surface area contributed by atoms with E-state index in [2.05, 4.69) is 12.2 Å². The van der Waals surface area contributed by atoms with Crippen molar-refractivity contribution >= 4 is 0 Å². The number of hydrogen-bond acceptors (Lipinski definition) is 3. The lowest BCUT2D eigenvalue weighted by Crippen LogP contribution is -2.20. The molecule has 13 heavy (non-hydrogen) atoms. The van der Waals surface area contributed by atoms with E-state index < -0.39 is 0 Å². The molecule has 0 aliphatic rings. The maximum Gasteiger partial charge on any atom is 0.120 e. The molecule has 0 unspecified atom stereocenters. The van der Waals surface area contributed by atoms with Crippen LogP contribution in [0.1, 0.15) is 30.9 Å². The highest BCUT2D eigenvalue weighted by atomic mass is 16.3. The van der Waals surface area contributed by atoms with Gasteiger partial charge in [0.1, 0.15) is 11.5 Å². The number of aliphatic hydroxyl groups excluding tert-OH is 1. The highest BCUT2D eigenvalue weighted by Crippen LogP contribution is 2.14. The molecule has 0 fully saturated rings. The van der Waals surface area contributed by atoms with Crippen molar-refractivity contribution in [2.24, 2.45) is 0 Å². The van der Waals surface area contributed by atoms with E-state index in [9.17, 15) is 0 Å². The molecular weight excluding hydrogens is 166 g/mol. The SMILES string of the molecule is Cc1ccc([C@H](C)NCCCO)o1. The predicted molar refractivity (Wildman–Crippen MR) is 51.6 cm³/mol. The zero-order chi connectivity index (χ0) is 9.68. The van der Waals surface area contributed by atoms with Gasteiger partial charge in [-0.25, -0.2) is 0 Å². The van der Waals surface area contributed by atoms with Gasteiger partial charge in [-0.05, 0) is 38.9 Å². The summed E-state index contributed by atoms with van der Waals surface area (Å²) in [6.45, 7) is 5.04. The number of furan rings is 1. The molecule has 0 spiro atoms. The molecule has 1 aromatic rings. The molecule has 2 N–H and O–H groups in total. The van der Waals surface area contributed by atoms with Gasteiger partial charge in [0, 0.05) is 6.61 Å². The summed E-state index contributed by atoms with van der Waals surface area (Å²) in [5.41, 5.74) is 0. The van der Waals surface area contributed by atoms with Crippen LogP contribution in [-0.2, 0) is 0 Å². The van der Waals surface area contributed by atoms with Gasteiger partial charge >= 0.3 is 0 Å². The molecule has 0 aliphatic heterocycles. The van der Waals surface area contributed by atoms with E-state index in [4.69, 9.17) is 9.52 Å². The second-order valence-corrected chi connectivity index (χ2v) is 3.20. The summed E-state index contributed by atoms with van der Waals surface area (Å²) in [4.78, 5) is 0. The minimum absolute atomic E-state index is 0.222. The third-order valence-electron chi connectivity index (χ3n) is 1.97. The zero-order valence-corrected chi connectivity index (χ0v) is 8.21. The summed E-state index contributed by atoms with van der Waals surface area (Å²) in [5.74, 6) is 1.89. The molecule has 0 aliphatic carbocycles. The fourth-order valence-corrected chi connectivity index (χ4v) is 1.18. The fourth-order valence-electron chi connectivity index (χ4n) is 1.18. The second kappa shape index (κ2) is 5.04. The Morgan fingerprint density at radius 3 is 2.85 bits per heavy atom. The molecule has 3 heteroatoms. The van der Waals surface area contributed by atoms with E-state index >= 15 is 0 Å². The van der Waals surface area contributed by atoms with Crippen molar-refractivity contribution in [3.63, 3.8) is 0 Å². The standard InChI is InChI=1S/C10H17NO2/c1-8-4-5-10(13-8)9(2)11-6-3-7-12/h4-5,9,11-12H,3,6-7H2,1-2H3/t9-/m0/s1. The Labute approximate surface area is 78.8 Å². The van der Waals surface area contributed by atoms with Gasteiger partial charge in [0.05, 0.1) is 6.04 Å². The van der Waals surface area contributed by atoms with E-state index in [0.717, 1.165) is 24.5 Å². The average molecular weight is 183 g/mol. The number of aliphatic hydroxyl groups is 1. The molecule has 0 saturated heterocycles. The maximum absolute atomic E-state index is 8.59. The van der Waals surface area contributed by atoms with Gasteiger partial charge in [0.2, 0.25) is 0 Å². The molecule has 1 rings (SSSR count). The fraction of sp³-hybridized carbons (Fsp3) is 0.600. The smallest absolute Gasteiger partial charge is 0.120 e. The highest BCUT2D eigenvalue weighted by molar-refractivity contribution is 5.08. The zero-order valence-electron chi connectivity index (χ0n) is 8.21. The number of aryl methyl sites for hydroxylation is 1. The van der Waals surface area contributed by atoms with Crippen LogP contribution in [-0.4, -0.2) is 18.3 Å². The Bertz CT molecular complexity index is 245. The first kappa shape index (κ1) is 10.3. The summed E-state index contributed by atoms with van der Waals surface area (Å²) in [6, 6.07) is 4.16. The molecule has 0 aromatic carbocycles. The van der Waals surface area contributed by atoms with E-state index in [1.807, 2.05) is 19.1 Å². The first-order valence-corrected chi connectivity index (χ1v) is 4.64. The van der Waals surface area contributed by atoms with Crippen LogP contribution < -0.4 is 5.32 Å². The lowest BCUT2D eigenvalue weighted by Gasteiger charge is -2.09. The maximum atomic E-state index is 8.59. The number of rotatable bonds is 5. The summed E-state index contributed by atoms with van der Waals surface area (Å²) >= 11 is 0. The Hall–Kier alpha value is -0.800. The normalized spacial score (nSPS) is 13.2. The Balaban J connectivity index is 2.35. The van der Waals surface area contributed by atoms with Crippen LogP contribution in [0.5, 0.6) is 0 Å². The van der Waals surface area contributed by atoms with Crippen molar-refractivity contribution in [3.05, 3.63) is 23.7 Å².